The van der Waals surface area contributed by atoms with E-state index >= 15 is 0 Å². The fourth-order valence-corrected chi connectivity index (χ4v) is 10.6. The summed E-state index contributed by atoms with van der Waals surface area (Å²) in [6.07, 6.45) is 93.3. The number of hydrogen-bond acceptors (Lipinski definition) is 7. The number of allylic oxidation sites excluding steroid dienone is 18. The van der Waals surface area contributed by atoms with E-state index in [-0.39, 0.29) is 32.0 Å². The van der Waals surface area contributed by atoms with Gasteiger partial charge in [-0.25, -0.2) is 4.57 Å². The third-order valence-electron chi connectivity index (χ3n) is 15.3. The SMILES string of the molecule is CC/C=C\C/C=C\C/C=C\C/C=C\C/C=C\C/C=C\C/C=C\C/C=C\CCCCCCCCCCCCC(=O)OC(COC(=O)CCCCCCCCCCCCCCCCC/C=C\CCCCCCCCCC)COP(=O)(O)OCC[N+](C)(C)C. The molecule has 9 nitrogen and oxygen atoms in total. The first-order valence-electron chi connectivity index (χ1n) is 35.6. The predicted molar refractivity (Wildman–Crippen MR) is 371 cm³/mol. The van der Waals surface area contributed by atoms with Crippen LogP contribution in [0.5, 0.6) is 0 Å². The maximum atomic E-state index is 12.9. The Hall–Kier alpha value is -3.33. The minimum absolute atomic E-state index is 0.0274. The van der Waals surface area contributed by atoms with Crippen molar-refractivity contribution in [1.29, 1.82) is 0 Å². The van der Waals surface area contributed by atoms with Crippen LogP contribution >= 0.6 is 7.82 Å². The van der Waals surface area contributed by atoms with Gasteiger partial charge in [-0.2, -0.15) is 0 Å². The van der Waals surface area contributed by atoms with Crippen LogP contribution in [-0.2, 0) is 32.7 Å². The second kappa shape index (κ2) is 66.1. The zero-order chi connectivity index (χ0) is 62.6. The lowest BCUT2D eigenvalue weighted by atomic mass is 10.0. The van der Waals surface area contributed by atoms with Crippen molar-refractivity contribution >= 4 is 19.8 Å². The Morgan fingerprint density at radius 2 is 0.663 bits per heavy atom. The summed E-state index contributed by atoms with van der Waals surface area (Å²) in [5, 5.41) is 0. The molecule has 86 heavy (non-hydrogen) atoms. The van der Waals surface area contributed by atoms with Crippen molar-refractivity contribution in [3.63, 3.8) is 0 Å². The molecule has 0 aliphatic heterocycles. The van der Waals surface area contributed by atoms with Crippen molar-refractivity contribution in [1.82, 2.24) is 0 Å². The molecule has 0 aliphatic carbocycles. The predicted octanol–water partition coefficient (Wildman–Crippen LogP) is 23.3. The Balaban J connectivity index is 4.08. The lowest BCUT2D eigenvalue weighted by molar-refractivity contribution is -0.870. The summed E-state index contributed by atoms with van der Waals surface area (Å²) in [7, 11) is 1.47. The molecule has 0 aromatic carbocycles. The van der Waals surface area contributed by atoms with Gasteiger partial charge in [-0.15, -0.1) is 0 Å². The Bertz CT molecular complexity index is 1820. The Morgan fingerprint density at radius 3 is 1.00 bits per heavy atom. The maximum Gasteiger partial charge on any atom is 0.472 e. The normalized spacial score (nSPS) is 13.8. The number of esters is 2. The number of nitrogens with zero attached hydrogens (tertiary/aromatic N) is 1. The molecule has 496 valence electrons. The van der Waals surface area contributed by atoms with E-state index < -0.39 is 26.5 Å². The Kier molecular flexibility index (Phi) is 63.5. The van der Waals surface area contributed by atoms with E-state index in [1.165, 1.54) is 180 Å². The number of likely N-dealkylation sites (N-methyl/N-ethyl adjacent to an activating group) is 1. The van der Waals surface area contributed by atoms with Gasteiger partial charge < -0.3 is 18.9 Å². The lowest BCUT2D eigenvalue weighted by Crippen LogP contribution is -2.37. The van der Waals surface area contributed by atoms with E-state index in [9.17, 15) is 19.0 Å². The van der Waals surface area contributed by atoms with E-state index in [4.69, 9.17) is 18.5 Å². The standard InChI is InChI=1S/C76H134NO8P/c1-6-8-10-12-14-16-18-20-22-24-26-28-30-32-34-35-36-37-38-39-40-41-43-45-47-49-51-53-55-57-59-61-63-65-67-69-76(79)85-74(73-84-86(80,81)83-71-70-77(3,4)5)72-82-75(78)68-66-64-62-60-58-56-54-52-50-48-46-44-42-33-31-29-27-25-23-21-19-17-15-13-11-9-7-2/h8,10,14,16,20,22,25-28,32,34,36-37,39-40,43,45,74H,6-7,9,11-13,15,17-19,21,23-24,29-31,33,35,38,41-42,44,46-73H2,1-5H3/p+1/b10-8-,16-14-,22-20-,27-25-,28-26-,34-32-,37-36-,40-39-,45-43-. The van der Waals surface area contributed by atoms with Gasteiger partial charge in [0, 0.05) is 12.8 Å². The van der Waals surface area contributed by atoms with Crippen LogP contribution in [0.15, 0.2) is 109 Å². The largest absolute Gasteiger partial charge is 0.472 e. The van der Waals surface area contributed by atoms with Gasteiger partial charge in [0.15, 0.2) is 6.10 Å². The summed E-state index contributed by atoms with van der Waals surface area (Å²) in [5.74, 6) is -0.797. The van der Waals surface area contributed by atoms with E-state index in [0.717, 1.165) is 96.3 Å². The summed E-state index contributed by atoms with van der Waals surface area (Å²) < 4.78 is 34.7. The van der Waals surface area contributed by atoms with E-state index in [1.807, 2.05) is 21.1 Å². The van der Waals surface area contributed by atoms with Crippen LogP contribution < -0.4 is 0 Å². The highest BCUT2D eigenvalue weighted by molar-refractivity contribution is 7.47. The molecule has 2 unspecified atom stereocenters. The molecule has 1 N–H and O–H groups in total. The summed E-state index contributed by atoms with van der Waals surface area (Å²) >= 11 is 0. The summed E-state index contributed by atoms with van der Waals surface area (Å²) in [5.41, 5.74) is 0. The first kappa shape index (κ1) is 82.7. The third kappa shape index (κ3) is 69.8. The molecule has 10 heteroatoms. The molecule has 0 aromatic rings. The molecule has 0 fully saturated rings. The van der Waals surface area contributed by atoms with E-state index in [0.29, 0.717) is 17.4 Å². The van der Waals surface area contributed by atoms with Crippen LogP contribution in [0.25, 0.3) is 0 Å². The van der Waals surface area contributed by atoms with Crippen molar-refractivity contribution in [2.24, 2.45) is 0 Å². The van der Waals surface area contributed by atoms with Gasteiger partial charge in [0.05, 0.1) is 27.7 Å². The number of phosphoric acid groups is 1. The molecule has 0 bridgehead atoms. The van der Waals surface area contributed by atoms with Crippen LogP contribution in [0.2, 0.25) is 0 Å². The number of quaternary nitrogens is 1. The van der Waals surface area contributed by atoms with Gasteiger partial charge in [0.1, 0.15) is 19.8 Å². The van der Waals surface area contributed by atoms with Crippen LogP contribution in [0.1, 0.15) is 309 Å². The highest BCUT2D eigenvalue weighted by atomic mass is 31.2. The molecule has 0 amide bonds. The van der Waals surface area contributed by atoms with Gasteiger partial charge in [-0.1, -0.05) is 303 Å². The van der Waals surface area contributed by atoms with Gasteiger partial charge in [0.2, 0.25) is 0 Å². The average Bonchev–Trinajstić information content (AvgIpc) is 3.56. The van der Waals surface area contributed by atoms with Crippen molar-refractivity contribution in [3.05, 3.63) is 109 Å². The topological polar surface area (TPSA) is 108 Å². The van der Waals surface area contributed by atoms with E-state index in [1.54, 1.807) is 0 Å². The smallest absolute Gasteiger partial charge is 0.462 e. The minimum Gasteiger partial charge on any atom is -0.462 e. The number of carbonyl (C=O) groups is 2. The number of unbranched alkanes of at least 4 members (excludes halogenated alkanes) is 33. The monoisotopic (exact) mass is 1220 g/mol. The maximum absolute atomic E-state index is 12.9. The fourth-order valence-electron chi connectivity index (χ4n) is 9.85. The van der Waals surface area contributed by atoms with Gasteiger partial charge in [-0.05, 0) is 103 Å². The highest BCUT2D eigenvalue weighted by Gasteiger charge is 2.27. The van der Waals surface area contributed by atoms with Gasteiger partial charge in [0.25, 0.3) is 0 Å². The molecule has 0 aromatic heterocycles. The molecule has 0 heterocycles. The quantitative estimate of drug-likeness (QED) is 0.0211. The molecular weight excluding hydrogens is 1090 g/mol. The number of rotatable bonds is 65. The molecule has 0 rings (SSSR count). The second-order valence-corrected chi connectivity index (χ2v) is 26.3. The van der Waals surface area contributed by atoms with Crippen LogP contribution in [0.3, 0.4) is 0 Å². The molecule has 0 radical (unpaired) electrons. The zero-order valence-electron chi connectivity index (χ0n) is 56.5. The summed E-state index contributed by atoms with van der Waals surface area (Å²) in [4.78, 5) is 35.9. The van der Waals surface area contributed by atoms with Crippen molar-refractivity contribution in [3.8, 4) is 0 Å². The lowest BCUT2D eigenvalue weighted by Gasteiger charge is -2.24. The van der Waals surface area contributed by atoms with Crippen molar-refractivity contribution in [2.45, 2.75) is 315 Å². The Labute approximate surface area is 531 Å². The molecular formula is C76H135NO8P+. The third-order valence-corrected chi connectivity index (χ3v) is 16.3. The Morgan fingerprint density at radius 1 is 0.372 bits per heavy atom. The van der Waals surface area contributed by atoms with Gasteiger partial charge in [-0.3, -0.25) is 18.6 Å². The number of hydrogen-bond donors (Lipinski definition) is 1. The van der Waals surface area contributed by atoms with Crippen LogP contribution in [0.4, 0.5) is 0 Å². The summed E-state index contributed by atoms with van der Waals surface area (Å²) in [6.45, 7) is 4.34. The van der Waals surface area contributed by atoms with Crippen molar-refractivity contribution < 1.29 is 42.1 Å². The number of carbonyl (C=O) groups excluding carboxylic acids is 2. The number of ether oxygens (including phenoxy) is 2. The fraction of sp³-hybridized carbons (Fsp3) is 0.737. The molecule has 0 aliphatic rings. The summed E-state index contributed by atoms with van der Waals surface area (Å²) in [6, 6.07) is 0. The van der Waals surface area contributed by atoms with Crippen LogP contribution in [0, 0.1) is 0 Å². The zero-order valence-corrected chi connectivity index (χ0v) is 57.4. The molecule has 0 saturated heterocycles. The molecule has 0 saturated carbocycles. The average molecular weight is 1220 g/mol. The first-order chi connectivity index (χ1) is 42.0. The van der Waals surface area contributed by atoms with E-state index in [2.05, 4.69) is 123 Å². The molecule has 2 atom stereocenters. The molecule has 0 spiro atoms. The van der Waals surface area contributed by atoms with Crippen LogP contribution in [-0.4, -0.2) is 74.9 Å². The number of phosphoric ester groups is 1. The second-order valence-electron chi connectivity index (χ2n) is 24.9. The minimum atomic E-state index is -4.40. The van der Waals surface area contributed by atoms with Crippen molar-refractivity contribution in [2.75, 3.05) is 47.5 Å². The van der Waals surface area contributed by atoms with Gasteiger partial charge >= 0.3 is 19.8 Å². The first-order valence-corrected chi connectivity index (χ1v) is 37.1. The highest BCUT2D eigenvalue weighted by Crippen LogP contribution is 2.43.